The summed E-state index contributed by atoms with van der Waals surface area (Å²) in [6.07, 6.45) is 6.33. The number of rotatable bonds is 7. The van der Waals surface area contributed by atoms with Gasteiger partial charge in [0.25, 0.3) is 0 Å². The zero-order valence-electron chi connectivity index (χ0n) is 14.1. The first kappa shape index (κ1) is 17.2. The predicted octanol–water partition coefficient (Wildman–Crippen LogP) is 3.82. The minimum Gasteiger partial charge on any atom is -0.359 e. The first-order chi connectivity index (χ1) is 12.2. The van der Waals surface area contributed by atoms with Crippen LogP contribution in [0.1, 0.15) is 11.1 Å². The Hall–Kier alpha value is -2.66. The lowest BCUT2D eigenvalue weighted by Crippen LogP contribution is -2.22. The van der Waals surface area contributed by atoms with Crippen molar-refractivity contribution in [1.82, 2.24) is 15.0 Å². The minimum atomic E-state index is 0.587. The molecule has 0 fully saturated rings. The number of hydrogen-bond acceptors (Lipinski definition) is 5. The average molecular weight is 354 g/mol. The van der Waals surface area contributed by atoms with E-state index < -0.39 is 0 Å². The van der Waals surface area contributed by atoms with E-state index in [1.807, 2.05) is 61.9 Å². The van der Waals surface area contributed by atoms with Gasteiger partial charge in [0.2, 0.25) is 5.95 Å². The Labute approximate surface area is 152 Å². The van der Waals surface area contributed by atoms with Crippen LogP contribution in [0.2, 0.25) is 5.02 Å². The molecular weight excluding hydrogens is 334 g/mol. The van der Waals surface area contributed by atoms with Crippen LogP contribution in [-0.2, 0) is 13.0 Å². The van der Waals surface area contributed by atoms with Gasteiger partial charge in [-0.15, -0.1) is 0 Å². The molecule has 0 bridgehead atoms. The summed E-state index contributed by atoms with van der Waals surface area (Å²) in [6, 6.07) is 13.7. The molecule has 1 aromatic carbocycles. The van der Waals surface area contributed by atoms with Crippen molar-refractivity contribution in [3.05, 3.63) is 77.2 Å². The summed E-state index contributed by atoms with van der Waals surface area (Å²) in [5.41, 5.74) is 2.28. The molecule has 5 nitrogen and oxygen atoms in total. The zero-order chi connectivity index (χ0) is 17.5. The van der Waals surface area contributed by atoms with Crippen molar-refractivity contribution >= 4 is 23.4 Å². The fraction of sp³-hybridized carbons (Fsp3) is 0.211. The number of aromatic nitrogens is 3. The number of halogens is 1. The summed E-state index contributed by atoms with van der Waals surface area (Å²) >= 11 is 6.18. The van der Waals surface area contributed by atoms with E-state index in [9.17, 15) is 0 Å². The molecule has 25 heavy (non-hydrogen) atoms. The summed E-state index contributed by atoms with van der Waals surface area (Å²) in [4.78, 5) is 15.0. The molecule has 0 saturated carbocycles. The second-order valence-corrected chi connectivity index (χ2v) is 6.12. The molecule has 2 aromatic heterocycles. The number of nitrogens with one attached hydrogen (secondary N) is 1. The van der Waals surface area contributed by atoms with Gasteiger partial charge in [-0.2, -0.15) is 4.98 Å². The van der Waals surface area contributed by atoms with Gasteiger partial charge in [-0.25, -0.2) is 4.98 Å². The highest BCUT2D eigenvalue weighted by Crippen LogP contribution is 2.17. The number of anilines is 2. The molecule has 0 unspecified atom stereocenters. The lowest BCUT2D eigenvalue weighted by Gasteiger charge is -2.18. The van der Waals surface area contributed by atoms with Crippen molar-refractivity contribution < 1.29 is 0 Å². The molecule has 0 aliphatic carbocycles. The second-order valence-electron chi connectivity index (χ2n) is 5.71. The maximum absolute atomic E-state index is 6.18. The normalized spacial score (nSPS) is 10.5. The second kappa shape index (κ2) is 8.44. The summed E-state index contributed by atoms with van der Waals surface area (Å²) in [6.45, 7) is 1.45. The van der Waals surface area contributed by atoms with Gasteiger partial charge >= 0.3 is 0 Å². The van der Waals surface area contributed by atoms with Crippen molar-refractivity contribution in [2.45, 2.75) is 13.0 Å². The van der Waals surface area contributed by atoms with Crippen LogP contribution in [0, 0.1) is 0 Å². The van der Waals surface area contributed by atoms with E-state index in [0.717, 1.165) is 29.4 Å². The molecule has 3 rings (SSSR count). The molecule has 2 heterocycles. The van der Waals surface area contributed by atoms with Gasteiger partial charge in [0.1, 0.15) is 5.82 Å². The SMILES string of the molecule is CN(CCc1ccncc1)c1ccnc(NCc2ccccc2Cl)n1. The molecule has 128 valence electrons. The van der Waals surface area contributed by atoms with Gasteiger partial charge in [-0.1, -0.05) is 29.8 Å². The summed E-state index contributed by atoms with van der Waals surface area (Å²) < 4.78 is 0. The molecule has 0 saturated heterocycles. The van der Waals surface area contributed by atoms with E-state index in [2.05, 4.69) is 25.2 Å². The van der Waals surface area contributed by atoms with Gasteiger partial charge in [0.15, 0.2) is 0 Å². The van der Waals surface area contributed by atoms with Crippen LogP contribution in [0.3, 0.4) is 0 Å². The van der Waals surface area contributed by atoms with E-state index in [1.54, 1.807) is 6.20 Å². The quantitative estimate of drug-likeness (QED) is 0.699. The van der Waals surface area contributed by atoms with Crippen LogP contribution in [0.25, 0.3) is 0 Å². The van der Waals surface area contributed by atoms with Crippen LogP contribution in [0.5, 0.6) is 0 Å². The van der Waals surface area contributed by atoms with E-state index in [0.29, 0.717) is 12.5 Å². The van der Waals surface area contributed by atoms with E-state index >= 15 is 0 Å². The minimum absolute atomic E-state index is 0.587. The van der Waals surface area contributed by atoms with E-state index in [1.165, 1.54) is 5.56 Å². The highest BCUT2D eigenvalue weighted by Gasteiger charge is 2.06. The van der Waals surface area contributed by atoms with Crippen molar-refractivity contribution in [3.8, 4) is 0 Å². The first-order valence-corrected chi connectivity index (χ1v) is 8.50. The third-order valence-electron chi connectivity index (χ3n) is 3.91. The number of benzene rings is 1. The molecule has 1 N–H and O–H groups in total. The lowest BCUT2D eigenvalue weighted by atomic mass is 10.2. The van der Waals surface area contributed by atoms with Crippen molar-refractivity contribution in [3.63, 3.8) is 0 Å². The van der Waals surface area contributed by atoms with Crippen molar-refractivity contribution in [1.29, 1.82) is 0 Å². The van der Waals surface area contributed by atoms with Crippen molar-refractivity contribution in [2.75, 3.05) is 23.8 Å². The molecular formula is C19H20ClN5. The fourth-order valence-electron chi connectivity index (χ4n) is 2.42. The monoisotopic (exact) mass is 353 g/mol. The molecule has 0 aliphatic rings. The third-order valence-corrected chi connectivity index (χ3v) is 4.28. The summed E-state index contributed by atoms with van der Waals surface area (Å²) in [7, 11) is 2.03. The highest BCUT2D eigenvalue weighted by molar-refractivity contribution is 6.31. The van der Waals surface area contributed by atoms with Gasteiger partial charge in [-0.05, 0) is 41.8 Å². The Morgan fingerprint density at radius 1 is 1.04 bits per heavy atom. The van der Waals surface area contributed by atoms with E-state index in [4.69, 9.17) is 11.6 Å². The first-order valence-electron chi connectivity index (χ1n) is 8.13. The van der Waals surface area contributed by atoms with Crippen LogP contribution in [-0.4, -0.2) is 28.5 Å². The molecule has 6 heteroatoms. The Morgan fingerprint density at radius 2 is 1.84 bits per heavy atom. The fourth-order valence-corrected chi connectivity index (χ4v) is 2.63. The zero-order valence-corrected chi connectivity index (χ0v) is 14.8. The standard InChI is InChI=1S/C19H20ClN5/c1-25(13-9-15-6-10-21-11-7-15)18-8-12-22-19(24-18)23-14-16-4-2-3-5-17(16)20/h2-8,10-12H,9,13-14H2,1H3,(H,22,23,24). The maximum Gasteiger partial charge on any atom is 0.224 e. The summed E-state index contributed by atoms with van der Waals surface area (Å²) in [5, 5.41) is 3.97. The van der Waals surface area contributed by atoms with Crippen molar-refractivity contribution in [2.24, 2.45) is 0 Å². The Bertz CT molecular complexity index is 810. The number of nitrogens with zero attached hydrogens (tertiary/aromatic N) is 4. The highest BCUT2D eigenvalue weighted by atomic mass is 35.5. The Morgan fingerprint density at radius 3 is 2.64 bits per heavy atom. The molecule has 0 aliphatic heterocycles. The van der Waals surface area contributed by atoms with Gasteiger partial charge < -0.3 is 10.2 Å². The molecule has 0 atom stereocenters. The largest absolute Gasteiger partial charge is 0.359 e. The molecule has 3 aromatic rings. The van der Waals surface area contributed by atoms with Crippen LogP contribution >= 0.6 is 11.6 Å². The van der Waals surface area contributed by atoms with Gasteiger partial charge in [0, 0.05) is 43.8 Å². The van der Waals surface area contributed by atoms with E-state index in [-0.39, 0.29) is 0 Å². The summed E-state index contributed by atoms with van der Waals surface area (Å²) in [5.74, 6) is 1.47. The van der Waals surface area contributed by atoms with Gasteiger partial charge in [0.05, 0.1) is 0 Å². The number of pyridine rings is 1. The third kappa shape index (κ3) is 4.90. The van der Waals surface area contributed by atoms with Crippen LogP contribution in [0.4, 0.5) is 11.8 Å². The van der Waals surface area contributed by atoms with Crippen LogP contribution in [0.15, 0.2) is 61.1 Å². The Balaban J connectivity index is 1.59. The van der Waals surface area contributed by atoms with Gasteiger partial charge in [-0.3, -0.25) is 4.98 Å². The molecule has 0 amide bonds. The molecule has 0 radical (unpaired) electrons. The topological polar surface area (TPSA) is 53.9 Å². The average Bonchev–Trinajstić information content (AvgIpc) is 2.66. The predicted molar refractivity (Wildman–Crippen MR) is 102 cm³/mol. The molecule has 0 spiro atoms. The lowest BCUT2D eigenvalue weighted by molar-refractivity contribution is 0.853. The van der Waals surface area contributed by atoms with Crippen LogP contribution < -0.4 is 10.2 Å². The smallest absolute Gasteiger partial charge is 0.224 e. The Kier molecular flexibility index (Phi) is 5.80. The maximum atomic E-state index is 6.18. The number of hydrogen-bond donors (Lipinski definition) is 1. The number of likely N-dealkylation sites (N-methyl/N-ethyl adjacent to an activating group) is 1.